The molecular weight excluding hydrogens is 290 g/mol. The van der Waals surface area contributed by atoms with Crippen LogP contribution in [0.2, 0.25) is 0 Å². The van der Waals surface area contributed by atoms with Gasteiger partial charge >= 0.3 is 0 Å². The lowest BCUT2D eigenvalue weighted by molar-refractivity contribution is 0.111. The van der Waals surface area contributed by atoms with Gasteiger partial charge in [-0.15, -0.1) is 5.10 Å². The van der Waals surface area contributed by atoms with Crippen molar-refractivity contribution in [2.24, 2.45) is 0 Å². The number of ether oxygens (including phenoxy) is 1. The second kappa shape index (κ2) is 6.44. The monoisotopic (exact) mass is 307 g/mol. The molecule has 0 radical (unpaired) electrons. The molecule has 1 aromatic heterocycles. The normalized spacial score (nSPS) is 10.5. The van der Waals surface area contributed by atoms with Crippen LogP contribution in [-0.4, -0.2) is 27.9 Å². The molecule has 5 nitrogen and oxygen atoms in total. The van der Waals surface area contributed by atoms with Crippen molar-refractivity contribution in [2.75, 3.05) is 6.61 Å². The van der Waals surface area contributed by atoms with Crippen LogP contribution in [0.5, 0.6) is 5.75 Å². The molecular formula is C18H17N3O2. The second-order valence-electron chi connectivity index (χ2n) is 5.12. The molecule has 0 N–H and O–H groups in total. The zero-order valence-corrected chi connectivity index (χ0v) is 13.1. The van der Waals surface area contributed by atoms with Gasteiger partial charge in [0.15, 0.2) is 12.0 Å². The van der Waals surface area contributed by atoms with Gasteiger partial charge in [-0.2, -0.15) is 0 Å². The minimum Gasteiger partial charge on any atom is -0.492 e. The highest BCUT2D eigenvalue weighted by Crippen LogP contribution is 2.29. The maximum Gasteiger partial charge on any atom is 0.172 e. The summed E-state index contributed by atoms with van der Waals surface area (Å²) in [6, 6.07) is 15.5. The summed E-state index contributed by atoms with van der Waals surface area (Å²) in [5, 5.41) is 8.15. The van der Waals surface area contributed by atoms with Crippen LogP contribution in [-0.2, 0) is 0 Å². The Balaban J connectivity index is 2.20. The number of para-hydroxylation sites is 2. The van der Waals surface area contributed by atoms with Gasteiger partial charge in [-0.1, -0.05) is 47.2 Å². The van der Waals surface area contributed by atoms with Crippen LogP contribution in [0.15, 0.2) is 48.5 Å². The highest BCUT2D eigenvalue weighted by molar-refractivity contribution is 5.84. The van der Waals surface area contributed by atoms with Gasteiger partial charge in [0.2, 0.25) is 0 Å². The molecule has 0 saturated heterocycles. The van der Waals surface area contributed by atoms with Gasteiger partial charge in [-0.05, 0) is 26.0 Å². The van der Waals surface area contributed by atoms with Crippen LogP contribution in [0.3, 0.4) is 0 Å². The Bertz CT molecular complexity index is 823. The van der Waals surface area contributed by atoms with E-state index >= 15 is 0 Å². The van der Waals surface area contributed by atoms with Crippen molar-refractivity contribution in [1.82, 2.24) is 15.0 Å². The van der Waals surface area contributed by atoms with Crippen LogP contribution in [0.4, 0.5) is 0 Å². The summed E-state index contributed by atoms with van der Waals surface area (Å²) in [5.41, 5.74) is 3.75. The predicted molar refractivity (Wildman–Crippen MR) is 88.1 cm³/mol. The fraction of sp³-hybridized carbons (Fsp3) is 0.167. The van der Waals surface area contributed by atoms with Crippen LogP contribution >= 0.6 is 0 Å². The largest absolute Gasteiger partial charge is 0.492 e. The Kier molecular flexibility index (Phi) is 4.19. The summed E-state index contributed by atoms with van der Waals surface area (Å²) < 4.78 is 7.32. The van der Waals surface area contributed by atoms with E-state index in [1.54, 1.807) is 4.68 Å². The van der Waals surface area contributed by atoms with E-state index in [0.717, 1.165) is 23.1 Å². The third-order valence-electron chi connectivity index (χ3n) is 3.53. The number of carbonyl (C=O) groups excluding carboxylic acids is 1. The first-order chi connectivity index (χ1) is 11.2. The highest BCUT2D eigenvalue weighted by atomic mass is 16.5. The van der Waals surface area contributed by atoms with Crippen LogP contribution in [0.1, 0.15) is 23.0 Å². The van der Waals surface area contributed by atoms with Crippen molar-refractivity contribution in [1.29, 1.82) is 0 Å². The van der Waals surface area contributed by atoms with Gasteiger partial charge in [0.05, 0.1) is 6.61 Å². The van der Waals surface area contributed by atoms with Crippen molar-refractivity contribution in [3.05, 3.63) is 59.8 Å². The molecule has 5 heteroatoms. The summed E-state index contributed by atoms with van der Waals surface area (Å²) in [7, 11) is 0. The topological polar surface area (TPSA) is 57.0 Å². The fourth-order valence-corrected chi connectivity index (χ4v) is 2.43. The fourth-order valence-electron chi connectivity index (χ4n) is 2.43. The zero-order valence-electron chi connectivity index (χ0n) is 13.1. The number of nitrogens with zero attached hydrogens (tertiary/aromatic N) is 3. The molecule has 3 rings (SSSR count). The Morgan fingerprint density at radius 3 is 2.57 bits per heavy atom. The Hall–Kier alpha value is -2.95. The molecule has 0 unspecified atom stereocenters. The van der Waals surface area contributed by atoms with Crippen molar-refractivity contribution in [3.63, 3.8) is 0 Å². The maximum absolute atomic E-state index is 11.4. The van der Waals surface area contributed by atoms with E-state index in [2.05, 4.69) is 10.3 Å². The number of aryl methyl sites for hydroxylation is 1. The molecule has 3 aromatic rings. The Labute approximate surface area is 134 Å². The molecule has 1 heterocycles. The SMILES string of the molecule is CCOc1ccccc1-n1nnc(C=O)c1-c1ccc(C)cc1. The summed E-state index contributed by atoms with van der Waals surface area (Å²) >= 11 is 0. The average Bonchev–Trinajstić information content (AvgIpc) is 3.00. The molecule has 0 fully saturated rings. The van der Waals surface area contributed by atoms with E-state index < -0.39 is 0 Å². The smallest absolute Gasteiger partial charge is 0.172 e. The Morgan fingerprint density at radius 1 is 1.13 bits per heavy atom. The van der Waals surface area contributed by atoms with Crippen LogP contribution < -0.4 is 4.74 Å². The highest BCUT2D eigenvalue weighted by Gasteiger charge is 2.18. The molecule has 0 atom stereocenters. The number of carbonyl (C=O) groups is 1. The van der Waals surface area contributed by atoms with Gasteiger partial charge < -0.3 is 4.74 Å². The number of aromatic nitrogens is 3. The first-order valence-corrected chi connectivity index (χ1v) is 7.44. The number of hydrogen-bond donors (Lipinski definition) is 0. The van der Waals surface area contributed by atoms with E-state index in [1.165, 1.54) is 0 Å². The lowest BCUT2D eigenvalue weighted by Gasteiger charge is -2.12. The molecule has 0 aliphatic heterocycles. The van der Waals surface area contributed by atoms with Crippen molar-refractivity contribution in [3.8, 4) is 22.7 Å². The predicted octanol–water partition coefficient (Wildman–Crippen LogP) is 3.45. The molecule has 0 bridgehead atoms. The minimum atomic E-state index is 0.306. The van der Waals surface area contributed by atoms with E-state index in [-0.39, 0.29) is 0 Å². The van der Waals surface area contributed by atoms with E-state index in [1.807, 2.05) is 62.4 Å². The number of rotatable bonds is 5. The minimum absolute atomic E-state index is 0.306. The van der Waals surface area contributed by atoms with E-state index in [9.17, 15) is 4.79 Å². The lowest BCUT2D eigenvalue weighted by atomic mass is 10.1. The van der Waals surface area contributed by atoms with Crippen LogP contribution in [0, 0.1) is 6.92 Å². The molecule has 2 aromatic carbocycles. The van der Waals surface area contributed by atoms with Gasteiger partial charge in [0.1, 0.15) is 17.1 Å². The van der Waals surface area contributed by atoms with Crippen LogP contribution in [0.25, 0.3) is 16.9 Å². The van der Waals surface area contributed by atoms with E-state index in [0.29, 0.717) is 23.7 Å². The molecule has 23 heavy (non-hydrogen) atoms. The van der Waals surface area contributed by atoms with Crippen molar-refractivity contribution < 1.29 is 9.53 Å². The lowest BCUT2D eigenvalue weighted by Crippen LogP contribution is -2.04. The summed E-state index contributed by atoms with van der Waals surface area (Å²) in [5.74, 6) is 0.700. The van der Waals surface area contributed by atoms with Crippen molar-refractivity contribution in [2.45, 2.75) is 13.8 Å². The zero-order chi connectivity index (χ0) is 16.2. The number of aldehydes is 1. The maximum atomic E-state index is 11.4. The molecule has 0 saturated carbocycles. The summed E-state index contributed by atoms with van der Waals surface area (Å²) in [6.07, 6.45) is 0.724. The number of benzene rings is 2. The molecule has 0 aliphatic carbocycles. The first-order valence-electron chi connectivity index (χ1n) is 7.44. The van der Waals surface area contributed by atoms with Gasteiger partial charge in [-0.3, -0.25) is 4.79 Å². The standard InChI is InChI=1S/C18H17N3O2/c1-3-23-17-7-5-4-6-16(17)21-18(15(12-22)19-20-21)14-10-8-13(2)9-11-14/h4-12H,3H2,1-2H3. The quantitative estimate of drug-likeness (QED) is 0.677. The molecule has 0 spiro atoms. The molecule has 116 valence electrons. The second-order valence-corrected chi connectivity index (χ2v) is 5.12. The van der Waals surface area contributed by atoms with Gasteiger partial charge in [-0.25, -0.2) is 4.68 Å². The first kappa shape index (κ1) is 15.0. The average molecular weight is 307 g/mol. The van der Waals surface area contributed by atoms with E-state index in [4.69, 9.17) is 4.74 Å². The molecule has 0 amide bonds. The van der Waals surface area contributed by atoms with Crippen molar-refractivity contribution >= 4 is 6.29 Å². The Morgan fingerprint density at radius 2 is 1.87 bits per heavy atom. The molecule has 0 aliphatic rings. The van der Waals surface area contributed by atoms with Gasteiger partial charge in [0.25, 0.3) is 0 Å². The third-order valence-corrected chi connectivity index (χ3v) is 3.53. The van der Waals surface area contributed by atoms with Gasteiger partial charge in [0, 0.05) is 5.56 Å². The summed E-state index contributed by atoms with van der Waals surface area (Å²) in [6.45, 7) is 4.49. The summed E-state index contributed by atoms with van der Waals surface area (Å²) in [4.78, 5) is 11.4. The number of hydrogen-bond acceptors (Lipinski definition) is 4. The third kappa shape index (κ3) is 2.85.